The van der Waals surface area contributed by atoms with Crippen molar-refractivity contribution in [1.82, 2.24) is 20.0 Å². The second-order valence-corrected chi connectivity index (χ2v) is 5.12. The molecule has 1 aliphatic rings. The number of amides is 1. The molecule has 1 saturated heterocycles. The highest BCUT2D eigenvalue weighted by atomic mass is 16.5. The summed E-state index contributed by atoms with van der Waals surface area (Å²) < 4.78 is 5.07. The number of carbonyl (C=O) groups is 1. The lowest BCUT2D eigenvalue weighted by molar-refractivity contribution is 0.0665. The summed E-state index contributed by atoms with van der Waals surface area (Å²) in [5.41, 5.74) is 0.608. The van der Waals surface area contributed by atoms with Gasteiger partial charge in [0, 0.05) is 19.7 Å². The Kier molecular flexibility index (Phi) is 3.54. The van der Waals surface area contributed by atoms with E-state index in [2.05, 4.69) is 15.1 Å². The Morgan fingerprint density at radius 1 is 1.45 bits per heavy atom. The highest BCUT2D eigenvalue weighted by molar-refractivity contribution is 5.92. The molecule has 1 aliphatic heterocycles. The molecule has 0 unspecified atom stereocenters. The summed E-state index contributed by atoms with van der Waals surface area (Å²) in [4.78, 5) is 21.8. The molecule has 1 N–H and O–H groups in total. The molecule has 0 bridgehead atoms. The number of H-pyrrole nitrogens is 1. The maximum absolute atomic E-state index is 12.6. The highest BCUT2D eigenvalue weighted by Crippen LogP contribution is 2.29. The standard InChI is InChI=1S/C14H18N4O2/c1-10-16-13(17-20-10)12-7-3-2-4-9-18(12)14(19)11-6-5-8-15-11/h5-6,8,12,15H,2-4,7,9H2,1H3/t12-/m0/s1. The van der Waals surface area contributed by atoms with Gasteiger partial charge in [-0.15, -0.1) is 0 Å². The Labute approximate surface area is 117 Å². The molecule has 20 heavy (non-hydrogen) atoms. The number of hydrogen-bond acceptors (Lipinski definition) is 4. The van der Waals surface area contributed by atoms with Crippen molar-refractivity contribution in [2.24, 2.45) is 0 Å². The third-order valence-corrected chi connectivity index (χ3v) is 3.68. The number of hydrogen-bond donors (Lipinski definition) is 1. The van der Waals surface area contributed by atoms with Gasteiger partial charge in [0.25, 0.3) is 5.91 Å². The van der Waals surface area contributed by atoms with Crippen molar-refractivity contribution >= 4 is 5.91 Å². The van der Waals surface area contributed by atoms with Crippen molar-refractivity contribution in [3.8, 4) is 0 Å². The number of carbonyl (C=O) groups excluding carboxylic acids is 1. The van der Waals surface area contributed by atoms with Crippen LogP contribution in [-0.2, 0) is 0 Å². The maximum Gasteiger partial charge on any atom is 0.270 e. The zero-order valence-electron chi connectivity index (χ0n) is 11.5. The van der Waals surface area contributed by atoms with Crippen LogP contribution in [0.15, 0.2) is 22.9 Å². The van der Waals surface area contributed by atoms with Crippen LogP contribution in [0, 0.1) is 6.92 Å². The zero-order chi connectivity index (χ0) is 13.9. The van der Waals surface area contributed by atoms with E-state index in [4.69, 9.17) is 4.52 Å². The first-order valence-corrected chi connectivity index (χ1v) is 7.00. The molecule has 2 aromatic rings. The van der Waals surface area contributed by atoms with Crippen LogP contribution >= 0.6 is 0 Å². The number of likely N-dealkylation sites (tertiary alicyclic amines) is 1. The van der Waals surface area contributed by atoms with E-state index >= 15 is 0 Å². The molecule has 3 rings (SSSR count). The van der Waals surface area contributed by atoms with Gasteiger partial charge in [-0.05, 0) is 25.0 Å². The summed E-state index contributed by atoms with van der Waals surface area (Å²) in [5, 5.41) is 4.00. The zero-order valence-corrected chi connectivity index (χ0v) is 11.5. The van der Waals surface area contributed by atoms with Gasteiger partial charge in [-0.1, -0.05) is 18.0 Å². The normalized spacial score (nSPS) is 19.9. The van der Waals surface area contributed by atoms with Crippen LogP contribution in [0.1, 0.15) is 53.9 Å². The van der Waals surface area contributed by atoms with Gasteiger partial charge in [0.1, 0.15) is 5.69 Å². The van der Waals surface area contributed by atoms with Crippen LogP contribution < -0.4 is 0 Å². The van der Waals surface area contributed by atoms with Crippen molar-refractivity contribution in [3.05, 3.63) is 35.7 Å². The van der Waals surface area contributed by atoms with Crippen molar-refractivity contribution < 1.29 is 9.32 Å². The number of nitrogens with zero attached hydrogens (tertiary/aromatic N) is 3. The van der Waals surface area contributed by atoms with E-state index in [9.17, 15) is 4.79 Å². The lowest BCUT2D eigenvalue weighted by Crippen LogP contribution is -2.35. The summed E-state index contributed by atoms with van der Waals surface area (Å²) in [6.07, 6.45) is 5.86. The molecule has 0 aliphatic carbocycles. The highest BCUT2D eigenvalue weighted by Gasteiger charge is 2.31. The second-order valence-electron chi connectivity index (χ2n) is 5.12. The molecule has 3 heterocycles. The van der Waals surface area contributed by atoms with E-state index < -0.39 is 0 Å². The fourth-order valence-corrected chi connectivity index (χ4v) is 2.69. The van der Waals surface area contributed by atoms with Crippen LogP contribution in [0.4, 0.5) is 0 Å². The first-order chi connectivity index (χ1) is 9.75. The minimum absolute atomic E-state index is 0.00403. The van der Waals surface area contributed by atoms with Crippen LogP contribution in [0.2, 0.25) is 0 Å². The smallest absolute Gasteiger partial charge is 0.270 e. The molecular formula is C14H18N4O2. The molecule has 1 amide bonds. The fourth-order valence-electron chi connectivity index (χ4n) is 2.69. The Hall–Kier alpha value is -2.11. The topological polar surface area (TPSA) is 75.0 Å². The first kappa shape index (κ1) is 12.9. The monoisotopic (exact) mass is 274 g/mol. The minimum atomic E-state index is -0.0919. The van der Waals surface area contributed by atoms with Gasteiger partial charge in [0.15, 0.2) is 5.82 Å². The number of aryl methyl sites for hydroxylation is 1. The average Bonchev–Trinajstić information content (AvgIpc) is 3.05. The molecule has 1 fully saturated rings. The predicted octanol–water partition coefficient (Wildman–Crippen LogP) is 2.46. The maximum atomic E-state index is 12.6. The van der Waals surface area contributed by atoms with E-state index in [0.717, 1.165) is 32.2 Å². The quantitative estimate of drug-likeness (QED) is 0.912. The Bertz CT molecular complexity index is 576. The van der Waals surface area contributed by atoms with Gasteiger partial charge in [-0.25, -0.2) is 0 Å². The lowest BCUT2D eigenvalue weighted by Gasteiger charge is -2.27. The second kappa shape index (κ2) is 5.48. The van der Waals surface area contributed by atoms with Crippen LogP contribution in [-0.4, -0.2) is 32.5 Å². The van der Waals surface area contributed by atoms with E-state index in [0.29, 0.717) is 17.4 Å². The minimum Gasteiger partial charge on any atom is -0.357 e. The first-order valence-electron chi connectivity index (χ1n) is 7.00. The molecule has 0 radical (unpaired) electrons. The van der Waals surface area contributed by atoms with Gasteiger partial charge < -0.3 is 14.4 Å². The fraction of sp³-hybridized carbons (Fsp3) is 0.500. The summed E-state index contributed by atoms with van der Waals surface area (Å²) in [5.74, 6) is 1.16. The Balaban J connectivity index is 1.89. The summed E-state index contributed by atoms with van der Waals surface area (Å²) >= 11 is 0. The summed E-state index contributed by atoms with van der Waals surface area (Å²) in [6, 6.07) is 3.54. The molecule has 2 aromatic heterocycles. The molecule has 1 atom stereocenters. The van der Waals surface area contributed by atoms with Crippen molar-refractivity contribution in [2.45, 2.75) is 38.6 Å². The van der Waals surface area contributed by atoms with Crippen molar-refractivity contribution in [2.75, 3.05) is 6.54 Å². The van der Waals surface area contributed by atoms with E-state index in [1.54, 1.807) is 19.2 Å². The Morgan fingerprint density at radius 2 is 2.35 bits per heavy atom. The third-order valence-electron chi connectivity index (χ3n) is 3.68. The van der Waals surface area contributed by atoms with Crippen molar-refractivity contribution in [1.29, 1.82) is 0 Å². The molecule has 6 heteroatoms. The van der Waals surface area contributed by atoms with Crippen LogP contribution in [0.3, 0.4) is 0 Å². The number of aromatic amines is 1. The Morgan fingerprint density at radius 3 is 3.05 bits per heavy atom. The van der Waals surface area contributed by atoms with Gasteiger partial charge in [0.05, 0.1) is 6.04 Å². The van der Waals surface area contributed by atoms with Crippen LogP contribution in [0.25, 0.3) is 0 Å². The predicted molar refractivity (Wildman–Crippen MR) is 72.1 cm³/mol. The van der Waals surface area contributed by atoms with Gasteiger partial charge in [-0.2, -0.15) is 4.98 Å². The van der Waals surface area contributed by atoms with Gasteiger partial charge >= 0.3 is 0 Å². The molecule has 6 nitrogen and oxygen atoms in total. The SMILES string of the molecule is Cc1nc([C@@H]2CCCCCN2C(=O)c2ccc[nH]2)no1. The number of aromatic nitrogens is 3. The van der Waals surface area contributed by atoms with E-state index in [1.165, 1.54) is 0 Å². The number of nitrogens with one attached hydrogen (secondary N) is 1. The average molecular weight is 274 g/mol. The summed E-state index contributed by atoms with van der Waals surface area (Å²) in [7, 11) is 0. The molecule has 106 valence electrons. The van der Waals surface area contributed by atoms with Crippen molar-refractivity contribution in [3.63, 3.8) is 0 Å². The van der Waals surface area contributed by atoms with Gasteiger partial charge in [0.2, 0.25) is 5.89 Å². The summed E-state index contributed by atoms with van der Waals surface area (Å²) in [6.45, 7) is 2.50. The molecule has 0 aromatic carbocycles. The largest absolute Gasteiger partial charge is 0.357 e. The van der Waals surface area contributed by atoms with Gasteiger partial charge in [-0.3, -0.25) is 4.79 Å². The molecule has 0 spiro atoms. The van der Waals surface area contributed by atoms with E-state index in [1.807, 2.05) is 11.0 Å². The van der Waals surface area contributed by atoms with E-state index in [-0.39, 0.29) is 11.9 Å². The number of rotatable bonds is 2. The molecule has 0 saturated carbocycles. The lowest BCUT2D eigenvalue weighted by atomic mass is 10.1. The molecular weight excluding hydrogens is 256 g/mol. The van der Waals surface area contributed by atoms with Crippen LogP contribution in [0.5, 0.6) is 0 Å². The third kappa shape index (κ3) is 2.45.